The van der Waals surface area contributed by atoms with E-state index in [1.807, 2.05) is 6.07 Å². The van der Waals surface area contributed by atoms with E-state index in [1.165, 1.54) is 18.4 Å². The standard InChI is InChI=1S/C16H25NO2.ClH/c1-3-5-13-7-8-15(16(10-13)18-2)19-12-14-6-4-9-17-11-14;/h7-8,10,14,17H,3-6,9,11-12H2,1-2H3;1H. The monoisotopic (exact) mass is 299 g/mol. The fourth-order valence-electron chi connectivity index (χ4n) is 2.55. The van der Waals surface area contributed by atoms with Crippen molar-refractivity contribution in [3.05, 3.63) is 23.8 Å². The Labute approximate surface area is 128 Å². The van der Waals surface area contributed by atoms with Crippen molar-refractivity contribution in [2.24, 2.45) is 5.92 Å². The van der Waals surface area contributed by atoms with Gasteiger partial charge in [0, 0.05) is 12.5 Å². The summed E-state index contributed by atoms with van der Waals surface area (Å²) in [5.74, 6) is 2.34. The number of nitrogens with one attached hydrogen (secondary N) is 1. The minimum absolute atomic E-state index is 0. The van der Waals surface area contributed by atoms with Gasteiger partial charge in [-0.05, 0) is 43.5 Å². The Morgan fingerprint density at radius 1 is 1.30 bits per heavy atom. The van der Waals surface area contributed by atoms with Gasteiger partial charge in [0.15, 0.2) is 11.5 Å². The first-order valence-electron chi connectivity index (χ1n) is 7.34. The summed E-state index contributed by atoms with van der Waals surface area (Å²) in [5.41, 5.74) is 1.31. The molecule has 0 aliphatic carbocycles. The van der Waals surface area contributed by atoms with Crippen molar-refractivity contribution < 1.29 is 9.47 Å². The molecular weight excluding hydrogens is 274 g/mol. The summed E-state index contributed by atoms with van der Waals surface area (Å²) in [5, 5.41) is 3.41. The molecule has 1 saturated heterocycles. The number of aryl methyl sites for hydroxylation is 1. The second-order valence-corrected chi connectivity index (χ2v) is 5.26. The Hall–Kier alpha value is -0.930. The predicted octanol–water partition coefficient (Wildman–Crippen LogP) is 3.45. The first-order chi connectivity index (χ1) is 9.33. The molecule has 20 heavy (non-hydrogen) atoms. The molecule has 0 bridgehead atoms. The van der Waals surface area contributed by atoms with Gasteiger partial charge >= 0.3 is 0 Å². The van der Waals surface area contributed by atoms with Gasteiger partial charge in [0.25, 0.3) is 0 Å². The molecule has 1 atom stereocenters. The Kier molecular flexibility index (Phi) is 7.78. The van der Waals surface area contributed by atoms with E-state index < -0.39 is 0 Å². The molecule has 0 aromatic heterocycles. The number of halogens is 1. The lowest BCUT2D eigenvalue weighted by molar-refractivity contribution is 0.211. The predicted molar refractivity (Wildman–Crippen MR) is 85.3 cm³/mol. The lowest BCUT2D eigenvalue weighted by atomic mass is 10.0. The van der Waals surface area contributed by atoms with Crippen molar-refractivity contribution in [1.82, 2.24) is 5.32 Å². The van der Waals surface area contributed by atoms with Gasteiger partial charge < -0.3 is 14.8 Å². The van der Waals surface area contributed by atoms with Gasteiger partial charge in [-0.2, -0.15) is 0 Å². The molecule has 1 unspecified atom stereocenters. The van der Waals surface area contributed by atoms with Crippen LogP contribution in [0.1, 0.15) is 31.7 Å². The van der Waals surface area contributed by atoms with Crippen LogP contribution in [0, 0.1) is 5.92 Å². The van der Waals surface area contributed by atoms with Gasteiger partial charge in [-0.3, -0.25) is 0 Å². The number of ether oxygens (including phenoxy) is 2. The van der Waals surface area contributed by atoms with Crippen LogP contribution in [-0.4, -0.2) is 26.8 Å². The van der Waals surface area contributed by atoms with Gasteiger partial charge in [0.1, 0.15) is 0 Å². The first kappa shape index (κ1) is 17.1. The SMILES string of the molecule is CCCc1ccc(OCC2CCCNC2)c(OC)c1.Cl. The Bertz CT molecular complexity index is 392. The third-order valence-electron chi connectivity index (χ3n) is 3.64. The van der Waals surface area contributed by atoms with E-state index in [0.29, 0.717) is 5.92 Å². The summed E-state index contributed by atoms with van der Waals surface area (Å²) in [6.07, 6.45) is 4.74. The smallest absolute Gasteiger partial charge is 0.161 e. The highest BCUT2D eigenvalue weighted by molar-refractivity contribution is 5.85. The van der Waals surface area contributed by atoms with Crippen LogP contribution >= 0.6 is 12.4 Å². The quantitative estimate of drug-likeness (QED) is 0.873. The minimum atomic E-state index is 0. The molecule has 0 amide bonds. The largest absolute Gasteiger partial charge is 0.493 e. The highest BCUT2D eigenvalue weighted by atomic mass is 35.5. The molecule has 1 heterocycles. The first-order valence-corrected chi connectivity index (χ1v) is 7.34. The zero-order chi connectivity index (χ0) is 13.5. The van der Waals surface area contributed by atoms with E-state index in [0.717, 1.165) is 44.0 Å². The molecule has 1 N–H and O–H groups in total. The van der Waals surface area contributed by atoms with Crippen LogP contribution in [0.2, 0.25) is 0 Å². The number of rotatable bonds is 6. The van der Waals surface area contributed by atoms with E-state index in [4.69, 9.17) is 9.47 Å². The van der Waals surface area contributed by atoms with E-state index in [1.54, 1.807) is 7.11 Å². The summed E-state index contributed by atoms with van der Waals surface area (Å²) < 4.78 is 11.4. The van der Waals surface area contributed by atoms with E-state index in [-0.39, 0.29) is 12.4 Å². The highest BCUT2D eigenvalue weighted by Crippen LogP contribution is 2.29. The number of hydrogen-bond donors (Lipinski definition) is 1. The van der Waals surface area contributed by atoms with Crippen molar-refractivity contribution in [2.75, 3.05) is 26.8 Å². The summed E-state index contributed by atoms with van der Waals surface area (Å²) in [7, 11) is 1.71. The molecule has 0 spiro atoms. The second-order valence-electron chi connectivity index (χ2n) is 5.26. The third kappa shape index (κ3) is 4.88. The second kappa shape index (κ2) is 9.09. The van der Waals surface area contributed by atoms with Crippen LogP contribution in [0.5, 0.6) is 11.5 Å². The molecule has 0 radical (unpaired) electrons. The molecule has 1 fully saturated rings. The molecule has 2 rings (SSSR count). The van der Waals surface area contributed by atoms with Crippen LogP contribution in [0.25, 0.3) is 0 Å². The van der Waals surface area contributed by atoms with Crippen molar-refractivity contribution in [2.45, 2.75) is 32.6 Å². The fraction of sp³-hybridized carbons (Fsp3) is 0.625. The molecular formula is C16H26ClNO2. The highest BCUT2D eigenvalue weighted by Gasteiger charge is 2.14. The number of benzene rings is 1. The maximum absolute atomic E-state index is 5.94. The average molecular weight is 300 g/mol. The number of hydrogen-bond acceptors (Lipinski definition) is 3. The topological polar surface area (TPSA) is 30.5 Å². The third-order valence-corrected chi connectivity index (χ3v) is 3.64. The molecule has 114 valence electrons. The van der Waals surface area contributed by atoms with Gasteiger partial charge in [-0.15, -0.1) is 12.4 Å². The van der Waals surface area contributed by atoms with Crippen LogP contribution in [0.4, 0.5) is 0 Å². The van der Waals surface area contributed by atoms with Crippen molar-refractivity contribution >= 4 is 12.4 Å². The fourth-order valence-corrected chi connectivity index (χ4v) is 2.55. The zero-order valence-electron chi connectivity index (χ0n) is 12.5. The number of piperidine rings is 1. The van der Waals surface area contributed by atoms with Gasteiger partial charge in [-0.25, -0.2) is 0 Å². The molecule has 0 saturated carbocycles. The summed E-state index contributed by atoms with van der Waals surface area (Å²) in [6, 6.07) is 6.28. The molecule has 1 aliphatic rings. The van der Waals surface area contributed by atoms with E-state index in [9.17, 15) is 0 Å². The maximum Gasteiger partial charge on any atom is 0.161 e. The van der Waals surface area contributed by atoms with Crippen molar-refractivity contribution in [3.8, 4) is 11.5 Å². The van der Waals surface area contributed by atoms with Crippen LogP contribution < -0.4 is 14.8 Å². The zero-order valence-corrected chi connectivity index (χ0v) is 13.3. The Morgan fingerprint density at radius 2 is 2.15 bits per heavy atom. The Morgan fingerprint density at radius 3 is 2.80 bits per heavy atom. The molecule has 1 aromatic carbocycles. The van der Waals surface area contributed by atoms with Crippen LogP contribution in [0.3, 0.4) is 0 Å². The minimum Gasteiger partial charge on any atom is -0.493 e. The van der Waals surface area contributed by atoms with Gasteiger partial charge in [0.05, 0.1) is 13.7 Å². The maximum atomic E-state index is 5.94. The van der Waals surface area contributed by atoms with E-state index in [2.05, 4.69) is 24.4 Å². The molecule has 4 heteroatoms. The van der Waals surface area contributed by atoms with Crippen LogP contribution in [-0.2, 0) is 6.42 Å². The summed E-state index contributed by atoms with van der Waals surface area (Å²) in [6.45, 7) is 5.17. The Balaban J connectivity index is 0.00000200. The summed E-state index contributed by atoms with van der Waals surface area (Å²) in [4.78, 5) is 0. The normalized spacial score (nSPS) is 18.2. The number of methoxy groups -OCH3 is 1. The summed E-state index contributed by atoms with van der Waals surface area (Å²) >= 11 is 0. The molecule has 3 nitrogen and oxygen atoms in total. The molecule has 1 aliphatic heterocycles. The van der Waals surface area contributed by atoms with E-state index >= 15 is 0 Å². The average Bonchev–Trinajstić information content (AvgIpc) is 2.47. The lowest BCUT2D eigenvalue weighted by Crippen LogP contribution is -2.33. The van der Waals surface area contributed by atoms with Crippen LogP contribution in [0.15, 0.2) is 18.2 Å². The van der Waals surface area contributed by atoms with Gasteiger partial charge in [0.2, 0.25) is 0 Å². The lowest BCUT2D eigenvalue weighted by Gasteiger charge is -2.23. The molecule has 1 aromatic rings. The van der Waals surface area contributed by atoms with Crippen molar-refractivity contribution in [1.29, 1.82) is 0 Å². The van der Waals surface area contributed by atoms with Gasteiger partial charge in [-0.1, -0.05) is 19.4 Å². The van der Waals surface area contributed by atoms with Crippen molar-refractivity contribution in [3.63, 3.8) is 0 Å².